The average Bonchev–Trinajstić information content (AvgIpc) is 3.19. The molecular formula is C14H9Cl2N3O2S2. The molecule has 0 atom stereocenters. The molecule has 118 valence electrons. The fraction of sp³-hybridized carbons (Fsp3) is 0.0714. The maximum Gasteiger partial charge on any atom is 0.264 e. The molecule has 5 nitrogen and oxygen atoms in total. The zero-order chi connectivity index (χ0) is 16.2. The normalized spacial score (nSPS) is 10.5. The Bertz CT molecular complexity index is 821. The first-order valence-electron chi connectivity index (χ1n) is 6.37. The molecule has 1 amide bonds. The predicted octanol–water partition coefficient (Wildman–Crippen LogP) is 4.59. The van der Waals surface area contributed by atoms with E-state index in [0.717, 1.165) is 9.88 Å². The maximum absolute atomic E-state index is 11.9. The quantitative estimate of drug-likeness (QED) is 0.697. The van der Waals surface area contributed by atoms with E-state index in [1.54, 1.807) is 29.5 Å². The van der Waals surface area contributed by atoms with E-state index in [2.05, 4.69) is 15.5 Å². The minimum atomic E-state index is -0.352. The van der Waals surface area contributed by atoms with Crippen LogP contribution in [0.3, 0.4) is 0 Å². The number of hydrogen-bond donors (Lipinski definition) is 1. The number of thiophene rings is 1. The van der Waals surface area contributed by atoms with Gasteiger partial charge >= 0.3 is 0 Å². The lowest BCUT2D eigenvalue weighted by Gasteiger charge is -2.07. The van der Waals surface area contributed by atoms with Crippen molar-refractivity contribution in [3.05, 3.63) is 45.8 Å². The van der Waals surface area contributed by atoms with Crippen molar-refractivity contribution >= 4 is 56.9 Å². The minimum Gasteiger partial charge on any atom is -0.482 e. The van der Waals surface area contributed by atoms with Crippen LogP contribution in [0.25, 0.3) is 9.88 Å². The average molecular weight is 386 g/mol. The highest BCUT2D eigenvalue weighted by Gasteiger charge is 2.11. The predicted molar refractivity (Wildman–Crippen MR) is 93.8 cm³/mol. The first-order valence-corrected chi connectivity index (χ1v) is 8.82. The highest BCUT2D eigenvalue weighted by molar-refractivity contribution is 7.23. The Kier molecular flexibility index (Phi) is 5.12. The first-order chi connectivity index (χ1) is 11.1. The van der Waals surface area contributed by atoms with Gasteiger partial charge in [0.25, 0.3) is 5.91 Å². The molecule has 0 radical (unpaired) electrons. The van der Waals surface area contributed by atoms with Crippen LogP contribution in [0, 0.1) is 0 Å². The van der Waals surface area contributed by atoms with Gasteiger partial charge in [-0.2, -0.15) is 0 Å². The Balaban J connectivity index is 1.58. The summed E-state index contributed by atoms with van der Waals surface area (Å²) < 4.78 is 5.36. The van der Waals surface area contributed by atoms with E-state index in [1.165, 1.54) is 11.3 Å². The third-order valence-corrected chi connectivity index (χ3v) is 5.08. The molecule has 9 heteroatoms. The molecule has 0 bridgehead atoms. The summed E-state index contributed by atoms with van der Waals surface area (Å²) in [7, 11) is 0. The van der Waals surface area contributed by atoms with Crippen LogP contribution in [0.1, 0.15) is 0 Å². The molecule has 2 aromatic heterocycles. The number of nitrogens with zero attached hydrogens (tertiary/aromatic N) is 2. The van der Waals surface area contributed by atoms with E-state index in [-0.39, 0.29) is 12.5 Å². The summed E-state index contributed by atoms with van der Waals surface area (Å²) in [6.45, 7) is -0.200. The number of carbonyl (C=O) groups excluding carboxylic acids is 1. The van der Waals surface area contributed by atoms with Crippen molar-refractivity contribution in [3.63, 3.8) is 0 Å². The summed E-state index contributed by atoms with van der Waals surface area (Å²) in [5.74, 6) is 0.000719. The van der Waals surface area contributed by atoms with Crippen LogP contribution in [0.2, 0.25) is 10.0 Å². The first kappa shape index (κ1) is 16.2. The molecule has 0 spiro atoms. The van der Waals surface area contributed by atoms with E-state index < -0.39 is 0 Å². The molecule has 3 rings (SSSR count). The summed E-state index contributed by atoms with van der Waals surface area (Å²) >= 11 is 14.7. The van der Waals surface area contributed by atoms with Gasteiger partial charge in [-0.3, -0.25) is 10.1 Å². The topological polar surface area (TPSA) is 64.1 Å². The van der Waals surface area contributed by atoms with Crippen molar-refractivity contribution in [1.29, 1.82) is 0 Å². The molecule has 1 aromatic carbocycles. The van der Waals surface area contributed by atoms with Crippen LogP contribution >= 0.6 is 45.9 Å². The number of carbonyl (C=O) groups is 1. The van der Waals surface area contributed by atoms with Crippen molar-refractivity contribution in [2.45, 2.75) is 0 Å². The standard InChI is InChI=1S/C14H9Cl2N3O2S2/c15-8-3-4-9(16)10(6-8)21-7-12(20)17-14-19-18-13(23-14)11-2-1-5-22-11/h1-6H,7H2,(H,17,19,20). The Labute approximate surface area is 149 Å². The Morgan fingerprint density at radius 1 is 1.26 bits per heavy atom. The second-order valence-corrected chi connectivity index (χ2v) is 7.07. The highest BCUT2D eigenvalue weighted by Crippen LogP contribution is 2.30. The van der Waals surface area contributed by atoms with Gasteiger partial charge in [-0.1, -0.05) is 40.6 Å². The third kappa shape index (κ3) is 4.20. The van der Waals surface area contributed by atoms with Crippen LogP contribution in [-0.2, 0) is 4.79 Å². The minimum absolute atomic E-state index is 0.200. The summed E-state index contributed by atoms with van der Waals surface area (Å²) in [6.07, 6.45) is 0. The summed E-state index contributed by atoms with van der Waals surface area (Å²) in [5.41, 5.74) is 0. The lowest BCUT2D eigenvalue weighted by molar-refractivity contribution is -0.118. The number of halogens is 2. The maximum atomic E-state index is 11.9. The number of ether oxygens (including phenoxy) is 1. The Hall–Kier alpha value is -1.67. The number of amides is 1. The van der Waals surface area contributed by atoms with Gasteiger partial charge in [0, 0.05) is 11.1 Å². The largest absolute Gasteiger partial charge is 0.482 e. The monoisotopic (exact) mass is 385 g/mol. The Morgan fingerprint density at radius 3 is 2.91 bits per heavy atom. The summed E-state index contributed by atoms with van der Waals surface area (Å²) in [5, 5.41) is 14.6. The molecule has 3 aromatic rings. The van der Waals surface area contributed by atoms with Crippen LogP contribution in [-0.4, -0.2) is 22.7 Å². The molecule has 0 saturated heterocycles. The van der Waals surface area contributed by atoms with Crippen LogP contribution in [0.15, 0.2) is 35.7 Å². The van der Waals surface area contributed by atoms with Gasteiger partial charge in [0.1, 0.15) is 5.75 Å². The lowest BCUT2D eigenvalue weighted by Crippen LogP contribution is -2.20. The molecule has 0 aliphatic carbocycles. The molecule has 0 fully saturated rings. The SMILES string of the molecule is O=C(COc1cc(Cl)ccc1Cl)Nc1nnc(-c2cccs2)s1. The Morgan fingerprint density at radius 2 is 2.13 bits per heavy atom. The molecular weight excluding hydrogens is 377 g/mol. The van der Waals surface area contributed by atoms with Crippen molar-refractivity contribution in [1.82, 2.24) is 10.2 Å². The van der Waals surface area contributed by atoms with Gasteiger partial charge in [0.2, 0.25) is 5.13 Å². The number of hydrogen-bond acceptors (Lipinski definition) is 6. The van der Waals surface area contributed by atoms with Crippen molar-refractivity contribution in [3.8, 4) is 15.6 Å². The fourth-order valence-corrected chi connectivity index (χ4v) is 3.55. The number of benzene rings is 1. The van der Waals surface area contributed by atoms with E-state index in [1.807, 2.05) is 17.5 Å². The number of nitrogens with one attached hydrogen (secondary N) is 1. The van der Waals surface area contributed by atoms with Gasteiger partial charge < -0.3 is 4.74 Å². The molecule has 0 saturated carbocycles. The molecule has 0 aliphatic heterocycles. The molecule has 23 heavy (non-hydrogen) atoms. The van der Waals surface area contributed by atoms with Crippen LogP contribution in [0.5, 0.6) is 5.75 Å². The van der Waals surface area contributed by atoms with Crippen LogP contribution < -0.4 is 10.1 Å². The van der Waals surface area contributed by atoms with Crippen LogP contribution in [0.4, 0.5) is 5.13 Å². The molecule has 2 heterocycles. The van der Waals surface area contributed by atoms with E-state index >= 15 is 0 Å². The molecule has 1 N–H and O–H groups in total. The van der Waals surface area contributed by atoms with Gasteiger partial charge in [-0.25, -0.2) is 0 Å². The molecule has 0 aliphatic rings. The van der Waals surface area contributed by atoms with Gasteiger partial charge in [0.05, 0.1) is 9.90 Å². The van der Waals surface area contributed by atoms with E-state index in [0.29, 0.717) is 20.9 Å². The van der Waals surface area contributed by atoms with E-state index in [4.69, 9.17) is 27.9 Å². The van der Waals surface area contributed by atoms with Crippen molar-refractivity contribution in [2.75, 3.05) is 11.9 Å². The number of anilines is 1. The summed E-state index contributed by atoms with van der Waals surface area (Å²) in [6, 6.07) is 8.68. The second-order valence-electron chi connectivity index (χ2n) is 4.30. The smallest absolute Gasteiger partial charge is 0.264 e. The lowest BCUT2D eigenvalue weighted by atomic mass is 10.3. The van der Waals surface area contributed by atoms with Gasteiger partial charge in [-0.15, -0.1) is 21.5 Å². The van der Waals surface area contributed by atoms with Crippen molar-refractivity contribution < 1.29 is 9.53 Å². The van der Waals surface area contributed by atoms with Crippen molar-refractivity contribution in [2.24, 2.45) is 0 Å². The third-order valence-electron chi connectivity index (χ3n) is 2.66. The molecule has 0 unspecified atom stereocenters. The zero-order valence-corrected chi connectivity index (χ0v) is 14.6. The zero-order valence-electron chi connectivity index (χ0n) is 11.5. The summed E-state index contributed by atoms with van der Waals surface area (Å²) in [4.78, 5) is 12.9. The highest BCUT2D eigenvalue weighted by atomic mass is 35.5. The second kappa shape index (κ2) is 7.27. The van der Waals surface area contributed by atoms with Gasteiger partial charge in [-0.05, 0) is 23.6 Å². The number of rotatable bonds is 5. The number of aromatic nitrogens is 2. The van der Waals surface area contributed by atoms with E-state index in [9.17, 15) is 4.79 Å². The van der Waals surface area contributed by atoms with Gasteiger partial charge in [0.15, 0.2) is 11.6 Å². The fourth-order valence-electron chi connectivity index (χ4n) is 1.66.